The van der Waals surface area contributed by atoms with Crippen molar-refractivity contribution >= 4 is 0 Å². The summed E-state index contributed by atoms with van der Waals surface area (Å²) in [4.78, 5) is 0. The molecule has 1 fully saturated rings. The van der Waals surface area contributed by atoms with Gasteiger partial charge < -0.3 is 19.5 Å². The van der Waals surface area contributed by atoms with Crippen LogP contribution in [0.4, 0.5) is 0 Å². The van der Waals surface area contributed by atoms with E-state index in [1.165, 1.54) is 0 Å². The van der Waals surface area contributed by atoms with Gasteiger partial charge in [-0.1, -0.05) is 6.07 Å². The van der Waals surface area contributed by atoms with Gasteiger partial charge in [0.1, 0.15) is 0 Å². The molecular weight excluding hydrogens is 242 g/mol. The Morgan fingerprint density at radius 1 is 1.05 bits per heavy atom. The molecule has 1 aliphatic rings. The Morgan fingerprint density at radius 3 is 2.32 bits per heavy atom. The van der Waals surface area contributed by atoms with E-state index in [4.69, 9.17) is 14.2 Å². The van der Waals surface area contributed by atoms with Crippen LogP contribution in [0.5, 0.6) is 11.5 Å². The molecule has 19 heavy (non-hydrogen) atoms. The number of hydrogen-bond donors (Lipinski definition) is 1. The number of rotatable bonds is 5. The Hall–Kier alpha value is -1.26. The van der Waals surface area contributed by atoms with Crippen LogP contribution in [-0.2, 0) is 4.74 Å². The molecule has 4 nitrogen and oxygen atoms in total. The molecule has 0 saturated carbocycles. The molecule has 1 aliphatic heterocycles. The number of benzene rings is 1. The summed E-state index contributed by atoms with van der Waals surface area (Å²) in [5, 5.41) is 3.39. The molecular formula is C15H23NO3. The van der Waals surface area contributed by atoms with Gasteiger partial charge in [-0.3, -0.25) is 0 Å². The van der Waals surface area contributed by atoms with Crippen molar-refractivity contribution in [3.63, 3.8) is 0 Å². The molecule has 1 unspecified atom stereocenters. The molecule has 1 aromatic carbocycles. The molecule has 106 valence electrons. The van der Waals surface area contributed by atoms with Crippen LogP contribution >= 0.6 is 0 Å². The first kappa shape index (κ1) is 14.2. The average molecular weight is 265 g/mol. The zero-order valence-corrected chi connectivity index (χ0v) is 11.9. The third-order valence-corrected chi connectivity index (χ3v) is 3.80. The second-order valence-electron chi connectivity index (χ2n) is 4.86. The Balaban J connectivity index is 2.22. The Morgan fingerprint density at radius 2 is 1.74 bits per heavy atom. The molecule has 0 aliphatic carbocycles. The number of piperidine rings is 1. The van der Waals surface area contributed by atoms with E-state index in [2.05, 4.69) is 11.4 Å². The van der Waals surface area contributed by atoms with Crippen LogP contribution in [0.15, 0.2) is 18.2 Å². The molecule has 0 radical (unpaired) electrons. The predicted octanol–water partition coefficient (Wildman–Crippen LogP) is 2.39. The lowest BCUT2D eigenvalue weighted by Gasteiger charge is -2.30. The summed E-state index contributed by atoms with van der Waals surface area (Å²) in [5.74, 6) is 2.08. The maximum absolute atomic E-state index is 5.72. The summed E-state index contributed by atoms with van der Waals surface area (Å²) in [6.07, 6.45) is 2.42. The van der Waals surface area contributed by atoms with Gasteiger partial charge in [0, 0.05) is 7.11 Å². The molecule has 4 heteroatoms. The second kappa shape index (κ2) is 6.78. The van der Waals surface area contributed by atoms with Crippen molar-refractivity contribution < 1.29 is 14.2 Å². The molecule has 1 N–H and O–H groups in total. The van der Waals surface area contributed by atoms with Gasteiger partial charge >= 0.3 is 0 Å². The van der Waals surface area contributed by atoms with Crippen LogP contribution in [0.25, 0.3) is 0 Å². The third kappa shape index (κ3) is 3.19. The van der Waals surface area contributed by atoms with Crippen molar-refractivity contribution in [1.29, 1.82) is 0 Å². The van der Waals surface area contributed by atoms with Crippen molar-refractivity contribution in [1.82, 2.24) is 5.32 Å². The highest BCUT2D eigenvalue weighted by atomic mass is 16.5. The maximum Gasteiger partial charge on any atom is 0.161 e. The molecule has 1 atom stereocenters. The first-order valence-electron chi connectivity index (χ1n) is 6.75. The smallest absolute Gasteiger partial charge is 0.161 e. The number of ether oxygens (including phenoxy) is 3. The molecule has 0 bridgehead atoms. The van der Waals surface area contributed by atoms with E-state index >= 15 is 0 Å². The summed E-state index contributed by atoms with van der Waals surface area (Å²) in [6.45, 7) is 2.13. The summed E-state index contributed by atoms with van der Waals surface area (Å²) in [5.41, 5.74) is 1.16. The van der Waals surface area contributed by atoms with Crippen molar-refractivity contribution in [3.05, 3.63) is 23.8 Å². The largest absolute Gasteiger partial charge is 0.493 e. The van der Waals surface area contributed by atoms with Gasteiger partial charge in [0.15, 0.2) is 11.5 Å². The van der Waals surface area contributed by atoms with Crippen molar-refractivity contribution in [2.75, 3.05) is 34.4 Å². The lowest BCUT2D eigenvalue weighted by molar-refractivity contribution is 0.0381. The zero-order valence-electron chi connectivity index (χ0n) is 11.9. The Kier molecular flexibility index (Phi) is 5.05. The van der Waals surface area contributed by atoms with Gasteiger partial charge in [0.2, 0.25) is 0 Å². The summed E-state index contributed by atoms with van der Waals surface area (Å²) in [7, 11) is 5.09. The lowest BCUT2D eigenvalue weighted by Crippen LogP contribution is -2.31. The number of methoxy groups -OCH3 is 3. The maximum atomic E-state index is 5.72. The highest BCUT2D eigenvalue weighted by Crippen LogP contribution is 2.36. The minimum atomic E-state index is 0.127. The first-order valence-corrected chi connectivity index (χ1v) is 6.75. The Bertz CT molecular complexity index is 402. The second-order valence-corrected chi connectivity index (χ2v) is 4.86. The first-order chi connectivity index (χ1) is 9.30. The molecule has 2 rings (SSSR count). The standard InChI is InChI=1S/C15H23NO3/c1-17-13-5-4-12(10-14(13)18-2)15(19-3)11-6-8-16-9-7-11/h4-5,10-11,15-16H,6-9H2,1-3H3. The van der Waals surface area contributed by atoms with Gasteiger partial charge in [0.25, 0.3) is 0 Å². The minimum Gasteiger partial charge on any atom is -0.493 e. The van der Waals surface area contributed by atoms with Gasteiger partial charge in [-0.05, 0) is 49.5 Å². The predicted molar refractivity (Wildman–Crippen MR) is 74.9 cm³/mol. The number of nitrogens with one attached hydrogen (secondary N) is 1. The van der Waals surface area contributed by atoms with E-state index in [9.17, 15) is 0 Å². The monoisotopic (exact) mass is 265 g/mol. The highest BCUT2D eigenvalue weighted by molar-refractivity contribution is 5.43. The van der Waals surface area contributed by atoms with E-state index in [0.717, 1.165) is 43.0 Å². The van der Waals surface area contributed by atoms with Crippen LogP contribution in [0, 0.1) is 5.92 Å². The van der Waals surface area contributed by atoms with E-state index in [0.29, 0.717) is 5.92 Å². The summed E-state index contributed by atoms with van der Waals surface area (Å²) < 4.78 is 16.4. The minimum absolute atomic E-state index is 0.127. The quantitative estimate of drug-likeness (QED) is 0.887. The summed E-state index contributed by atoms with van der Waals surface area (Å²) >= 11 is 0. The topological polar surface area (TPSA) is 39.7 Å². The van der Waals surface area contributed by atoms with Crippen LogP contribution in [0.2, 0.25) is 0 Å². The van der Waals surface area contributed by atoms with Crippen molar-refractivity contribution in [2.24, 2.45) is 5.92 Å². The molecule has 0 aromatic heterocycles. The van der Waals surface area contributed by atoms with Gasteiger partial charge in [0.05, 0.1) is 20.3 Å². The van der Waals surface area contributed by atoms with Crippen LogP contribution in [0.1, 0.15) is 24.5 Å². The van der Waals surface area contributed by atoms with Crippen molar-refractivity contribution in [2.45, 2.75) is 18.9 Å². The van der Waals surface area contributed by atoms with Crippen LogP contribution < -0.4 is 14.8 Å². The molecule has 1 saturated heterocycles. The van der Waals surface area contributed by atoms with Gasteiger partial charge in [-0.25, -0.2) is 0 Å². The normalized spacial score (nSPS) is 18.1. The van der Waals surface area contributed by atoms with E-state index in [1.54, 1.807) is 21.3 Å². The lowest BCUT2D eigenvalue weighted by atomic mass is 9.88. The van der Waals surface area contributed by atoms with E-state index < -0.39 is 0 Å². The fourth-order valence-electron chi connectivity index (χ4n) is 2.78. The van der Waals surface area contributed by atoms with E-state index in [-0.39, 0.29) is 6.10 Å². The third-order valence-electron chi connectivity index (χ3n) is 3.80. The number of hydrogen-bond acceptors (Lipinski definition) is 4. The molecule has 1 aromatic rings. The molecule has 0 spiro atoms. The zero-order chi connectivity index (χ0) is 13.7. The summed E-state index contributed by atoms with van der Waals surface area (Å²) in [6, 6.07) is 6.04. The SMILES string of the molecule is COc1ccc(C(OC)C2CCNCC2)cc1OC. The van der Waals surface area contributed by atoms with E-state index in [1.807, 2.05) is 12.1 Å². The van der Waals surface area contributed by atoms with Gasteiger partial charge in [-0.15, -0.1) is 0 Å². The molecule has 0 amide bonds. The van der Waals surface area contributed by atoms with Crippen LogP contribution in [-0.4, -0.2) is 34.4 Å². The Labute approximate surface area is 115 Å². The van der Waals surface area contributed by atoms with Gasteiger partial charge in [-0.2, -0.15) is 0 Å². The molecule has 1 heterocycles. The highest BCUT2D eigenvalue weighted by Gasteiger charge is 2.25. The fourth-order valence-corrected chi connectivity index (χ4v) is 2.78. The van der Waals surface area contributed by atoms with Crippen LogP contribution in [0.3, 0.4) is 0 Å². The fraction of sp³-hybridized carbons (Fsp3) is 0.600. The van der Waals surface area contributed by atoms with Crippen molar-refractivity contribution in [3.8, 4) is 11.5 Å². The average Bonchev–Trinajstić information content (AvgIpc) is 2.49.